The number of rotatable bonds is 5. The molecular formula is C22H25FN2O4. The average molecular weight is 400 g/mol. The van der Waals surface area contributed by atoms with E-state index < -0.39 is 23.9 Å². The van der Waals surface area contributed by atoms with Gasteiger partial charge < -0.3 is 19.9 Å². The number of aliphatic hydroxyl groups is 1. The molecule has 1 saturated carbocycles. The maximum absolute atomic E-state index is 14.0. The van der Waals surface area contributed by atoms with Crippen molar-refractivity contribution in [3.8, 4) is 5.75 Å². The number of halogens is 1. The number of carbonyl (C=O) groups excluding carboxylic acids is 1. The second-order valence-electron chi connectivity index (χ2n) is 7.39. The van der Waals surface area contributed by atoms with Crippen molar-refractivity contribution in [1.82, 2.24) is 10.2 Å². The predicted octanol–water partition coefficient (Wildman–Crippen LogP) is 1.84. The first kappa shape index (κ1) is 19.8. The number of aliphatic hydroxyl groups excluding tert-OH is 1. The lowest BCUT2D eigenvalue weighted by Gasteiger charge is -2.37. The quantitative estimate of drug-likeness (QED) is 0.802. The number of nitrogens with one attached hydrogen (secondary N) is 1. The van der Waals surface area contributed by atoms with Crippen molar-refractivity contribution in [1.29, 1.82) is 0 Å². The van der Waals surface area contributed by atoms with E-state index in [1.165, 1.54) is 12.1 Å². The van der Waals surface area contributed by atoms with Gasteiger partial charge in [0.15, 0.2) is 0 Å². The van der Waals surface area contributed by atoms with Crippen LogP contribution in [0.15, 0.2) is 54.6 Å². The standard InChI is InChI=1S/C22H25FN2O4/c23-17-9-5-4-8-16(17)22(27)24-18-14-19(29-15-6-2-1-3-7-15)21(26)20(18)25-10-12-28-13-11-25/h1-9,18-21,26H,10-14H2,(H,24,27)/t18-,19-,20+,21+/m1/s1. The first-order valence-corrected chi connectivity index (χ1v) is 9.90. The van der Waals surface area contributed by atoms with E-state index in [-0.39, 0.29) is 17.6 Å². The molecule has 1 saturated heterocycles. The molecule has 0 unspecified atom stereocenters. The zero-order chi connectivity index (χ0) is 20.2. The number of morpholine rings is 1. The van der Waals surface area contributed by atoms with Crippen LogP contribution in [0.1, 0.15) is 16.8 Å². The fourth-order valence-corrected chi connectivity index (χ4v) is 4.16. The number of amides is 1. The Morgan fingerprint density at radius 1 is 1.10 bits per heavy atom. The normalized spacial score (nSPS) is 27.5. The van der Waals surface area contributed by atoms with E-state index in [2.05, 4.69) is 10.2 Å². The maximum Gasteiger partial charge on any atom is 0.254 e. The molecule has 1 aliphatic heterocycles. The molecule has 29 heavy (non-hydrogen) atoms. The number of benzene rings is 2. The van der Waals surface area contributed by atoms with Gasteiger partial charge in [0.05, 0.1) is 30.9 Å². The topological polar surface area (TPSA) is 71.0 Å². The largest absolute Gasteiger partial charge is 0.488 e. The van der Waals surface area contributed by atoms with Crippen LogP contribution < -0.4 is 10.1 Å². The monoisotopic (exact) mass is 400 g/mol. The number of carbonyl (C=O) groups is 1. The third kappa shape index (κ3) is 4.42. The van der Waals surface area contributed by atoms with Crippen LogP contribution in [0.25, 0.3) is 0 Å². The molecule has 0 spiro atoms. The number of nitrogens with zero attached hydrogens (tertiary/aromatic N) is 1. The van der Waals surface area contributed by atoms with E-state index in [0.29, 0.717) is 38.5 Å². The van der Waals surface area contributed by atoms with E-state index in [0.717, 1.165) is 0 Å². The summed E-state index contributed by atoms with van der Waals surface area (Å²) in [6, 6.07) is 14.5. The summed E-state index contributed by atoms with van der Waals surface area (Å²) >= 11 is 0. The molecule has 2 aromatic rings. The molecule has 2 N–H and O–H groups in total. The molecule has 154 valence electrons. The van der Waals surface area contributed by atoms with E-state index in [1.807, 2.05) is 30.3 Å². The van der Waals surface area contributed by atoms with Gasteiger partial charge in [0.1, 0.15) is 23.8 Å². The first-order chi connectivity index (χ1) is 14.1. The van der Waals surface area contributed by atoms with Crippen LogP contribution in [0.3, 0.4) is 0 Å². The van der Waals surface area contributed by atoms with Crippen molar-refractivity contribution in [2.75, 3.05) is 26.3 Å². The van der Waals surface area contributed by atoms with Gasteiger partial charge >= 0.3 is 0 Å². The Hall–Kier alpha value is -2.48. The Bertz CT molecular complexity index is 829. The highest BCUT2D eigenvalue weighted by atomic mass is 19.1. The lowest BCUT2D eigenvalue weighted by Crippen LogP contribution is -2.56. The molecule has 4 atom stereocenters. The van der Waals surface area contributed by atoms with Crippen LogP contribution in [-0.4, -0.2) is 66.5 Å². The number of para-hydroxylation sites is 1. The highest BCUT2D eigenvalue weighted by molar-refractivity contribution is 5.94. The summed E-state index contributed by atoms with van der Waals surface area (Å²) in [5.41, 5.74) is -0.00450. The minimum atomic E-state index is -0.792. The summed E-state index contributed by atoms with van der Waals surface area (Å²) in [6.45, 7) is 2.46. The molecule has 1 aliphatic carbocycles. The Kier molecular flexibility index (Phi) is 6.08. The second kappa shape index (κ2) is 8.90. The van der Waals surface area contributed by atoms with Crippen molar-refractivity contribution in [3.63, 3.8) is 0 Å². The third-order valence-electron chi connectivity index (χ3n) is 5.56. The maximum atomic E-state index is 14.0. The van der Waals surface area contributed by atoms with Gasteiger partial charge in [-0.25, -0.2) is 4.39 Å². The van der Waals surface area contributed by atoms with Gasteiger partial charge in [-0.2, -0.15) is 0 Å². The van der Waals surface area contributed by atoms with Crippen molar-refractivity contribution >= 4 is 5.91 Å². The lowest BCUT2D eigenvalue weighted by molar-refractivity contribution is -0.0350. The molecule has 2 aromatic carbocycles. The minimum Gasteiger partial charge on any atom is -0.488 e. The molecule has 4 rings (SSSR count). The summed E-state index contributed by atoms with van der Waals surface area (Å²) in [5, 5.41) is 14.0. The van der Waals surface area contributed by atoms with E-state index in [9.17, 15) is 14.3 Å². The highest BCUT2D eigenvalue weighted by Gasteiger charge is 2.47. The Balaban J connectivity index is 1.53. The Labute approximate surface area is 169 Å². The summed E-state index contributed by atoms with van der Waals surface area (Å²) in [7, 11) is 0. The zero-order valence-electron chi connectivity index (χ0n) is 16.0. The van der Waals surface area contributed by atoms with Gasteiger partial charge in [-0.3, -0.25) is 9.69 Å². The molecule has 0 aromatic heterocycles. The second-order valence-corrected chi connectivity index (χ2v) is 7.39. The van der Waals surface area contributed by atoms with Crippen LogP contribution in [0, 0.1) is 5.82 Å². The molecule has 0 radical (unpaired) electrons. The van der Waals surface area contributed by atoms with Crippen LogP contribution in [0.2, 0.25) is 0 Å². The summed E-state index contributed by atoms with van der Waals surface area (Å²) in [4.78, 5) is 14.8. The summed E-state index contributed by atoms with van der Waals surface area (Å²) in [6.07, 6.45) is -0.839. The minimum absolute atomic E-state index is 0.00450. The Morgan fingerprint density at radius 2 is 1.79 bits per heavy atom. The van der Waals surface area contributed by atoms with E-state index in [1.54, 1.807) is 12.1 Å². The molecule has 2 aliphatic rings. The van der Waals surface area contributed by atoms with E-state index >= 15 is 0 Å². The van der Waals surface area contributed by atoms with E-state index in [4.69, 9.17) is 9.47 Å². The van der Waals surface area contributed by atoms with Crippen molar-refractivity contribution in [2.24, 2.45) is 0 Å². The fourth-order valence-electron chi connectivity index (χ4n) is 4.16. The molecule has 1 amide bonds. The average Bonchev–Trinajstić information content (AvgIpc) is 3.04. The Morgan fingerprint density at radius 3 is 2.52 bits per heavy atom. The lowest BCUT2D eigenvalue weighted by atomic mass is 10.1. The summed E-state index contributed by atoms with van der Waals surface area (Å²) in [5.74, 6) is -0.388. The number of hydrogen-bond acceptors (Lipinski definition) is 5. The molecule has 2 fully saturated rings. The van der Waals surface area contributed by atoms with Gasteiger partial charge in [-0.1, -0.05) is 30.3 Å². The van der Waals surface area contributed by atoms with Crippen LogP contribution >= 0.6 is 0 Å². The van der Waals surface area contributed by atoms with Gasteiger partial charge in [0.25, 0.3) is 5.91 Å². The van der Waals surface area contributed by atoms with Gasteiger partial charge in [-0.05, 0) is 24.3 Å². The molecule has 6 nitrogen and oxygen atoms in total. The van der Waals surface area contributed by atoms with Crippen LogP contribution in [0.4, 0.5) is 4.39 Å². The zero-order valence-corrected chi connectivity index (χ0v) is 16.0. The van der Waals surface area contributed by atoms with Crippen molar-refractivity contribution in [2.45, 2.75) is 30.7 Å². The molecule has 7 heteroatoms. The van der Waals surface area contributed by atoms with Gasteiger partial charge in [0.2, 0.25) is 0 Å². The fraction of sp³-hybridized carbons (Fsp3) is 0.409. The SMILES string of the molecule is O=C(N[C@@H]1C[C@@H](Oc2ccccc2)[C@H](O)[C@H]1N1CCOCC1)c1ccccc1F. The number of hydrogen-bond donors (Lipinski definition) is 2. The van der Waals surface area contributed by atoms with Crippen molar-refractivity contribution in [3.05, 3.63) is 66.0 Å². The first-order valence-electron chi connectivity index (χ1n) is 9.90. The number of ether oxygens (including phenoxy) is 2. The van der Waals surface area contributed by atoms with Crippen LogP contribution in [-0.2, 0) is 4.74 Å². The predicted molar refractivity (Wildman–Crippen MR) is 105 cm³/mol. The smallest absolute Gasteiger partial charge is 0.254 e. The summed E-state index contributed by atoms with van der Waals surface area (Å²) < 4.78 is 25.5. The van der Waals surface area contributed by atoms with Gasteiger partial charge in [-0.15, -0.1) is 0 Å². The molecule has 0 bridgehead atoms. The highest BCUT2D eigenvalue weighted by Crippen LogP contribution is 2.30. The molecular weight excluding hydrogens is 375 g/mol. The van der Waals surface area contributed by atoms with Crippen LogP contribution in [0.5, 0.6) is 5.75 Å². The van der Waals surface area contributed by atoms with Gasteiger partial charge in [0, 0.05) is 19.5 Å². The third-order valence-corrected chi connectivity index (χ3v) is 5.56. The molecule has 1 heterocycles. The van der Waals surface area contributed by atoms with Crippen molar-refractivity contribution < 1.29 is 23.8 Å².